The van der Waals surface area contributed by atoms with E-state index in [0.29, 0.717) is 0 Å². The Kier molecular flexibility index (Phi) is 2.04. The fourth-order valence-corrected chi connectivity index (χ4v) is 1.39. The van der Waals surface area contributed by atoms with Crippen molar-refractivity contribution in [2.45, 2.75) is 13.8 Å². The van der Waals surface area contributed by atoms with Crippen LogP contribution in [0.1, 0.15) is 11.4 Å². The zero-order chi connectivity index (χ0) is 10.1. The van der Waals surface area contributed by atoms with E-state index in [2.05, 4.69) is 15.3 Å². The van der Waals surface area contributed by atoms with Crippen molar-refractivity contribution < 1.29 is 0 Å². The molecule has 0 saturated heterocycles. The summed E-state index contributed by atoms with van der Waals surface area (Å²) in [5.41, 5.74) is 3.82. The average Bonchev–Trinajstić information content (AvgIpc) is 2.47. The van der Waals surface area contributed by atoms with Crippen LogP contribution in [0.2, 0.25) is 0 Å². The zero-order valence-corrected chi connectivity index (χ0v) is 8.52. The predicted molar refractivity (Wildman–Crippen MR) is 53.7 cm³/mol. The highest BCUT2D eigenvalue weighted by Crippen LogP contribution is 2.18. The van der Waals surface area contributed by atoms with Crippen LogP contribution in [0.5, 0.6) is 0 Å². The molecule has 0 N–H and O–H groups in total. The maximum absolute atomic E-state index is 4.26. The van der Waals surface area contributed by atoms with Gasteiger partial charge in [-0.25, -0.2) is 0 Å². The van der Waals surface area contributed by atoms with Crippen LogP contribution in [0.25, 0.3) is 11.3 Å². The van der Waals surface area contributed by atoms with Gasteiger partial charge in [-0.3, -0.25) is 4.68 Å². The van der Waals surface area contributed by atoms with Gasteiger partial charge in [0.25, 0.3) is 0 Å². The van der Waals surface area contributed by atoms with E-state index < -0.39 is 0 Å². The molecule has 72 valence electrons. The van der Waals surface area contributed by atoms with Crippen LogP contribution in [0.3, 0.4) is 0 Å². The van der Waals surface area contributed by atoms with Gasteiger partial charge < -0.3 is 0 Å². The molecule has 0 bridgehead atoms. The summed E-state index contributed by atoms with van der Waals surface area (Å²) in [5, 5.41) is 12.4. The van der Waals surface area contributed by atoms with Crippen LogP contribution in [0.4, 0.5) is 0 Å². The third kappa shape index (κ3) is 1.51. The molecule has 2 aromatic heterocycles. The molecule has 0 fully saturated rings. The van der Waals surface area contributed by atoms with E-state index in [1.807, 2.05) is 39.2 Å². The molecule has 2 heterocycles. The first-order valence-electron chi connectivity index (χ1n) is 4.48. The van der Waals surface area contributed by atoms with E-state index in [4.69, 9.17) is 0 Å². The first-order chi connectivity index (χ1) is 6.66. The lowest BCUT2D eigenvalue weighted by Crippen LogP contribution is -1.89. The molecular weight excluding hydrogens is 176 g/mol. The SMILES string of the molecule is Cc1ccc(-c2cn(C)nc2C)nn1. The largest absolute Gasteiger partial charge is 0.275 e. The van der Waals surface area contributed by atoms with Gasteiger partial charge in [0.1, 0.15) is 0 Å². The van der Waals surface area contributed by atoms with Crippen LogP contribution in [0.15, 0.2) is 18.3 Å². The summed E-state index contributed by atoms with van der Waals surface area (Å²) in [7, 11) is 1.90. The first kappa shape index (κ1) is 8.87. The summed E-state index contributed by atoms with van der Waals surface area (Å²) in [6.07, 6.45) is 1.95. The van der Waals surface area contributed by atoms with E-state index in [1.165, 1.54) is 0 Å². The Morgan fingerprint density at radius 1 is 1.14 bits per heavy atom. The maximum Gasteiger partial charge on any atom is 0.0964 e. The van der Waals surface area contributed by atoms with E-state index in [-0.39, 0.29) is 0 Å². The van der Waals surface area contributed by atoms with Crippen molar-refractivity contribution in [3.63, 3.8) is 0 Å². The molecule has 0 unspecified atom stereocenters. The molecule has 0 saturated carbocycles. The lowest BCUT2D eigenvalue weighted by atomic mass is 10.2. The number of aromatic nitrogens is 4. The average molecular weight is 188 g/mol. The lowest BCUT2D eigenvalue weighted by molar-refractivity contribution is 0.756. The number of hydrogen-bond acceptors (Lipinski definition) is 3. The molecule has 0 aliphatic rings. The molecule has 0 amide bonds. The topological polar surface area (TPSA) is 43.6 Å². The smallest absolute Gasteiger partial charge is 0.0964 e. The summed E-state index contributed by atoms with van der Waals surface area (Å²) in [6.45, 7) is 3.89. The summed E-state index contributed by atoms with van der Waals surface area (Å²) in [4.78, 5) is 0. The molecule has 0 aliphatic heterocycles. The van der Waals surface area contributed by atoms with Gasteiger partial charge in [0.05, 0.1) is 17.1 Å². The number of aryl methyl sites for hydroxylation is 3. The Morgan fingerprint density at radius 3 is 2.43 bits per heavy atom. The molecule has 2 aromatic rings. The Hall–Kier alpha value is -1.71. The molecule has 0 aromatic carbocycles. The van der Waals surface area contributed by atoms with Crippen molar-refractivity contribution >= 4 is 0 Å². The predicted octanol–water partition coefficient (Wildman–Crippen LogP) is 1.49. The Morgan fingerprint density at radius 2 is 1.93 bits per heavy atom. The highest BCUT2D eigenvalue weighted by molar-refractivity contribution is 5.60. The summed E-state index contributed by atoms with van der Waals surface area (Å²) in [5.74, 6) is 0. The highest BCUT2D eigenvalue weighted by Gasteiger charge is 2.06. The van der Waals surface area contributed by atoms with Crippen molar-refractivity contribution in [1.29, 1.82) is 0 Å². The minimum absolute atomic E-state index is 0.876. The molecule has 2 rings (SSSR count). The molecule has 4 heteroatoms. The van der Waals surface area contributed by atoms with Crippen LogP contribution in [0, 0.1) is 13.8 Å². The minimum atomic E-state index is 0.876. The van der Waals surface area contributed by atoms with Crippen molar-refractivity contribution in [3.8, 4) is 11.3 Å². The second-order valence-corrected chi connectivity index (χ2v) is 3.36. The first-order valence-corrected chi connectivity index (χ1v) is 4.48. The van der Waals surface area contributed by atoms with Gasteiger partial charge in [-0.1, -0.05) is 0 Å². The maximum atomic E-state index is 4.26. The highest BCUT2D eigenvalue weighted by atomic mass is 15.3. The Balaban J connectivity index is 2.49. The summed E-state index contributed by atoms with van der Waals surface area (Å²) < 4.78 is 1.78. The van der Waals surface area contributed by atoms with Crippen LogP contribution in [-0.2, 0) is 7.05 Å². The van der Waals surface area contributed by atoms with Gasteiger partial charge in [-0.2, -0.15) is 15.3 Å². The molecule has 0 aliphatic carbocycles. The van der Waals surface area contributed by atoms with Gasteiger partial charge in [-0.15, -0.1) is 0 Å². The molecule has 0 atom stereocenters. The van der Waals surface area contributed by atoms with E-state index >= 15 is 0 Å². The number of rotatable bonds is 1. The fourth-order valence-electron chi connectivity index (χ4n) is 1.39. The molecular formula is C10H12N4. The second-order valence-electron chi connectivity index (χ2n) is 3.36. The number of hydrogen-bond donors (Lipinski definition) is 0. The van der Waals surface area contributed by atoms with E-state index in [9.17, 15) is 0 Å². The molecule has 0 spiro atoms. The quantitative estimate of drug-likeness (QED) is 0.681. The zero-order valence-electron chi connectivity index (χ0n) is 8.52. The Labute approximate surface area is 82.6 Å². The fraction of sp³-hybridized carbons (Fsp3) is 0.300. The monoisotopic (exact) mass is 188 g/mol. The van der Waals surface area contributed by atoms with E-state index in [1.54, 1.807) is 4.68 Å². The van der Waals surface area contributed by atoms with Gasteiger partial charge in [-0.05, 0) is 26.0 Å². The van der Waals surface area contributed by atoms with Crippen LogP contribution >= 0.6 is 0 Å². The minimum Gasteiger partial charge on any atom is -0.275 e. The van der Waals surface area contributed by atoms with E-state index in [0.717, 1.165) is 22.6 Å². The third-order valence-corrected chi connectivity index (χ3v) is 2.09. The van der Waals surface area contributed by atoms with Gasteiger partial charge in [0.15, 0.2) is 0 Å². The normalized spacial score (nSPS) is 10.5. The van der Waals surface area contributed by atoms with Crippen LogP contribution < -0.4 is 0 Å². The van der Waals surface area contributed by atoms with Crippen molar-refractivity contribution in [2.75, 3.05) is 0 Å². The summed E-state index contributed by atoms with van der Waals surface area (Å²) >= 11 is 0. The van der Waals surface area contributed by atoms with Crippen molar-refractivity contribution in [3.05, 3.63) is 29.7 Å². The third-order valence-electron chi connectivity index (χ3n) is 2.09. The second kappa shape index (κ2) is 3.21. The molecule has 14 heavy (non-hydrogen) atoms. The van der Waals surface area contributed by atoms with Gasteiger partial charge in [0, 0.05) is 18.8 Å². The van der Waals surface area contributed by atoms with Crippen LogP contribution in [-0.4, -0.2) is 20.0 Å². The molecule has 0 radical (unpaired) electrons. The van der Waals surface area contributed by atoms with Gasteiger partial charge in [0.2, 0.25) is 0 Å². The lowest BCUT2D eigenvalue weighted by Gasteiger charge is -1.96. The van der Waals surface area contributed by atoms with Gasteiger partial charge >= 0.3 is 0 Å². The van der Waals surface area contributed by atoms with Crippen molar-refractivity contribution in [2.24, 2.45) is 7.05 Å². The molecule has 4 nitrogen and oxygen atoms in total. The Bertz CT molecular complexity index is 442. The standard InChI is InChI=1S/C10H12N4/c1-7-4-5-10(12-11-7)9-6-14(3)13-8(9)2/h4-6H,1-3H3. The van der Waals surface area contributed by atoms with Crippen molar-refractivity contribution in [1.82, 2.24) is 20.0 Å². The summed E-state index contributed by atoms with van der Waals surface area (Å²) in [6, 6.07) is 3.92. The number of nitrogens with zero attached hydrogens (tertiary/aromatic N) is 4.